The number of rotatable bonds is 8. The molecule has 0 aromatic carbocycles. The van der Waals surface area contributed by atoms with Gasteiger partial charge >= 0.3 is 5.97 Å². The van der Waals surface area contributed by atoms with Gasteiger partial charge < -0.3 is 15.7 Å². The fourth-order valence-corrected chi connectivity index (χ4v) is 1.44. The summed E-state index contributed by atoms with van der Waals surface area (Å²) >= 11 is 0. The van der Waals surface area contributed by atoms with E-state index in [-0.39, 0.29) is 17.9 Å². The first kappa shape index (κ1) is 16.9. The first-order chi connectivity index (χ1) is 8.20. The van der Waals surface area contributed by atoms with Gasteiger partial charge in [0.25, 0.3) is 0 Å². The lowest BCUT2D eigenvalue weighted by Crippen LogP contribution is -2.53. The van der Waals surface area contributed by atoms with Crippen LogP contribution in [0, 0.1) is 5.92 Å². The third-order valence-electron chi connectivity index (χ3n) is 3.27. The van der Waals surface area contributed by atoms with Gasteiger partial charge in [-0.3, -0.25) is 9.59 Å². The molecule has 2 atom stereocenters. The molecule has 0 radical (unpaired) electrons. The number of carbonyl (C=O) groups is 2. The van der Waals surface area contributed by atoms with E-state index >= 15 is 0 Å². The van der Waals surface area contributed by atoms with Crippen LogP contribution in [0.5, 0.6) is 0 Å². The minimum Gasteiger partial charge on any atom is -0.481 e. The summed E-state index contributed by atoms with van der Waals surface area (Å²) in [6, 6.07) is 0.0612. The number of hydrogen-bond donors (Lipinski definition) is 3. The van der Waals surface area contributed by atoms with Crippen LogP contribution in [0.1, 0.15) is 47.0 Å². The molecule has 2 unspecified atom stereocenters. The van der Waals surface area contributed by atoms with Crippen molar-refractivity contribution in [3.05, 3.63) is 0 Å². The summed E-state index contributed by atoms with van der Waals surface area (Å²) in [6.45, 7) is 7.29. The number of carboxylic acids is 1. The molecule has 3 N–H and O–H groups in total. The number of hydrogen-bond acceptors (Lipinski definition) is 3. The number of carbonyl (C=O) groups excluding carboxylic acids is 1. The molecule has 0 aliphatic carbocycles. The summed E-state index contributed by atoms with van der Waals surface area (Å²) in [5.41, 5.74) is -0.581. The summed E-state index contributed by atoms with van der Waals surface area (Å²) < 4.78 is 0. The number of nitrogens with one attached hydrogen (secondary N) is 2. The van der Waals surface area contributed by atoms with Crippen LogP contribution in [0.3, 0.4) is 0 Å². The first-order valence-corrected chi connectivity index (χ1v) is 6.43. The zero-order chi connectivity index (χ0) is 14.3. The molecule has 0 saturated carbocycles. The van der Waals surface area contributed by atoms with Crippen molar-refractivity contribution < 1.29 is 14.7 Å². The zero-order valence-corrected chi connectivity index (χ0v) is 12.0. The van der Waals surface area contributed by atoms with Gasteiger partial charge in [0.15, 0.2) is 0 Å². The monoisotopic (exact) mass is 258 g/mol. The fraction of sp³-hybridized carbons (Fsp3) is 0.846. The van der Waals surface area contributed by atoms with Gasteiger partial charge in [0, 0.05) is 6.04 Å². The van der Waals surface area contributed by atoms with Crippen LogP contribution in [0.25, 0.3) is 0 Å². The molecule has 1 amide bonds. The van der Waals surface area contributed by atoms with E-state index in [0.29, 0.717) is 6.42 Å². The molecular weight excluding hydrogens is 232 g/mol. The lowest BCUT2D eigenvalue weighted by atomic mass is 10.0. The minimum absolute atomic E-state index is 0.0382. The van der Waals surface area contributed by atoms with E-state index in [1.165, 1.54) is 0 Å². The predicted octanol–water partition coefficient (Wildman–Crippen LogP) is 1.38. The van der Waals surface area contributed by atoms with E-state index in [1.54, 1.807) is 14.0 Å². The highest BCUT2D eigenvalue weighted by molar-refractivity contribution is 5.85. The summed E-state index contributed by atoms with van der Waals surface area (Å²) in [7, 11) is 1.75. The minimum atomic E-state index is -0.761. The van der Waals surface area contributed by atoms with Gasteiger partial charge in [0.2, 0.25) is 5.91 Å². The average molecular weight is 258 g/mol. The molecule has 0 saturated heterocycles. The third-order valence-corrected chi connectivity index (χ3v) is 3.27. The standard InChI is InChI=1S/C13H26N2O3/c1-9(11(16)17)7-6-8-10(2)15-12(18)13(3,4)14-5/h9-10,14H,6-8H2,1-5H3,(H,15,18)(H,16,17). The van der Waals surface area contributed by atoms with Gasteiger partial charge in [-0.1, -0.05) is 13.3 Å². The van der Waals surface area contributed by atoms with Crippen LogP contribution in [0.4, 0.5) is 0 Å². The molecule has 0 heterocycles. The van der Waals surface area contributed by atoms with Crippen LogP contribution >= 0.6 is 0 Å². The maximum Gasteiger partial charge on any atom is 0.306 e. The zero-order valence-electron chi connectivity index (χ0n) is 12.0. The number of carboxylic acid groups (broad SMARTS) is 1. The molecule has 106 valence electrons. The molecule has 0 bridgehead atoms. The van der Waals surface area contributed by atoms with Crippen molar-refractivity contribution in [1.82, 2.24) is 10.6 Å². The largest absolute Gasteiger partial charge is 0.481 e. The van der Waals surface area contributed by atoms with Crippen LogP contribution < -0.4 is 10.6 Å². The van der Waals surface area contributed by atoms with Crippen molar-refractivity contribution in [2.24, 2.45) is 5.92 Å². The molecule has 0 fully saturated rings. The summed E-state index contributed by atoms with van der Waals surface area (Å²) in [4.78, 5) is 22.5. The second kappa shape index (κ2) is 7.36. The molecule has 0 aliphatic heterocycles. The van der Waals surface area contributed by atoms with E-state index in [2.05, 4.69) is 10.6 Å². The van der Waals surface area contributed by atoms with Gasteiger partial charge in [-0.15, -0.1) is 0 Å². The van der Waals surface area contributed by atoms with E-state index in [9.17, 15) is 9.59 Å². The van der Waals surface area contributed by atoms with Crippen molar-refractivity contribution in [3.8, 4) is 0 Å². The van der Waals surface area contributed by atoms with Gasteiger partial charge in [-0.05, 0) is 40.7 Å². The van der Waals surface area contributed by atoms with Crippen LogP contribution in [-0.2, 0) is 9.59 Å². The molecule has 0 spiro atoms. The number of aliphatic carboxylic acids is 1. The highest BCUT2D eigenvalue weighted by Gasteiger charge is 2.26. The highest BCUT2D eigenvalue weighted by atomic mass is 16.4. The predicted molar refractivity (Wildman–Crippen MR) is 71.4 cm³/mol. The second-order valence-electron chi connectivity index (χ2n) is 5.42. The Balaban J connectivity index is 3.95. The van der Waals surface area contributed by atoms with Crippen molar-refractivity contribution in [2.75, 3.05) is 7.05 Å². The Kier molecular flexibility index (Phi) is 6.91. The molecule has 0 aromatic heterocycles. The number of likely N-dealkylation sites (N-methyl/N-ethyl adjacent to an activating group) is 1. The van der Waals surface area contributed by atoms with Crippen molar-refractivity contribution in [3.63, 3.8) is 0 Å². The maximum absolute atomic E-state index is 11.8. The van der Waals surface area contributed by atoms with Crippen molar-refractivity contribution in [2.45, 2.75) is 58.5 Å². The highest BCUT2D eigenvalue weighted by Crippen LogP contribution is 2.10. The van der Waals surface area contributed by atoms with Crippen LogP contribution in [0.15, 0.2) is 0 Å². The Morgan fingerprint density at radius 2 is 1.78 bits per heavy atom. The maximum atomic E-state index is 11.8. The van der Waals surface area contributed by atoms with Crippen molar-refractivity contribution in [1.29, 1.82) is 0 Å². The van der Waals surface area contributed by atoms with E-state index in [1.807, 2.05) is 20.8 Å². The van der Waals surface area contributed by atoms with Gasteiger partial charge in [0.05, 0.1) is 11.5 Å². The van der Waals surface area contributed by atoms with Gasteiger partial charge in [-0.2, -0.15) is 0 Å². The molecule has 5 heteroatoms. The smallest absolute Gasteiger partial charge is 0.306 e. The SMILES string of the molecule is CNC(C)(C)C(=O)NC(C)CCCC(C)C(=O)O. The summed E-state index contributed by atoms with van der Waals surface area (Å²) in [6.07, 6.45) is 2.24. The Morgan fingerprint density at radius 1 is 1.22 bits per heavy atom. The first-order valence-electron chi connectivity index (χ1n) is 6.43. The van der Waals surface area contributed by atoms with Gasteiger partial charge in [0.1, 0.15) is 0 Å². The Morgan fingerprint density at radius 3 is 2.22 bits per heavy atom. The lowest BCUT2D eigenvalue weighted by molar-refractivity contribution is -0.141. The molecule has 0 aliphatic rings. The third kappa shape index (κ3) is 6.00. The second-order valence-corrected chi connectivity index (χ2v) is 5.42. The van der Waals surface area contributed by atoms with Crippen LogP contribution in [0.2, 0.25) is 0 Å². The van der Waals surface area contributed by atoms with E-state index < -0.39 is 11.5 Å². The average Bonchev–Trinajstić information content (AvgIpc) is 2.28. The normalized spacial score (nSPS) is 14.9. The molecular formula is C13H26N2O3. The van der Waals surface area contributed by atoms with E-state index in [4.69, 9.17) is 5.11 Å². The van der Waals surface area contributed by atoms with Gasteiger partial charge in [-0.25, -0.2) is 0 Å². The Labute approximate surface area is 109 Å². The molecule has 5 nitrogen and oxygen atoms in total. The molecule has 18 heavy (non-hydrogen) atoms. The fourth-order valence-electron chi connectivity index (χ4n) is 1.44. The molecule has 0 rings (SSSR count). The molecule has 0 aromatic rings. The summed E-state index contributed by atoms with van der Waals surface area (Å²) in [5.74, 6) is -1.12. The topological polar surface area (TPSA) is 78.4 Å². The quantitative estimate of drug-likeness (QED) is 0.614. The van der Waals surface area contributed by atoms with Crippen LogP contribution in [-0.4, -0.2) is 35.6 Å². The van der Waals surface area contributed by atoms with E-state index in [0.717, 1.165) is 12.8 Å². The summed E-state index contributed by atoms with van der Waals surface area (Å²) in [5, 5.41) is 14.6. The Hall–Kier alpha value is -1.10. The van der Waals surface area contributed by atoms with Crippen molar-refractivity contribution >= 4 is 11.9 Å². The number of amides is 1. The Bertz CT molecular complexity index is 290. The lowest BCUT2D eigenvalue weighted by Gasteiger charge is -2.25.